The van der Waals surface area contributed by atoms with E-state index in [2.05, 4.69) is 0 Å². The van der Waals surface area contributed by atoms with Crippen LogP contribution < -0.4 is 14.9 Å². The SMILES string of the molecule is COc1ccc2sc3cccc(OC)c3c(=O)c2c1. The molecule has 0 saturated carbocycles. The Bertz CT molecular complexity index is 821. The molecule has 1 heterocycles. The summed E-state index contributed by atoms with van der Waals surface area (Å²) in [5.41, 5.74) is -0.0138. The van der Waals surface area contributed by atoms with Gasteiger partial charge in [-0.2, -0.15) is 0 Å². The zero-order valence-electron chi connectivity index (χ0n) is 10.6. The molecule has 3 rings (SSSR count). The zero-order chi connectivity index (χ0) is 13.4. The van der Waals surface area contributed by atoms with E-state index >= 15 is 0 Å². The Morgan fingerprint density at radius 2 is 1.84 bits per heavy atom. The van der Waals surface area contributed by atoms with Crippen LogP contribution in [0, 0.1) is 0 Å². The summed E-state index contributed by atoms with van der Waals surface area (Å²) in [7, 11) is 3.17. The van der Waals surface area contributed by atoms with Crippen molar-refractivity contribution in [1.29, 1.82) is 0 Å². The van der Waals surface area contributed by atoms with Crippen molar-refractivity contribution >= 4 is 31.5 Å². The van der Waals surface area contributed by atoms with Gasteiger partial charge < -0.3 is 9.47 Å². The van der Waals surface area contributed by atoms with Gasteiger partial charge in [0.05, 0.1) is 19.6 Å². The maximum Gasteiger partial charge on any atom is 0.199 e. The molecule has 0 atom stereocenters. The first-order chi connectivity index (χ1) is 9.24. The molecule has 0 unspecified atom stereocenters. The lowest BCUT2D eigenvalue weighted by Crippen LogP contribution is -2.03. The van der Waals surface area contributed by atoms with Crippen molar-refractivity contribution in [3.63, 3.8) is 0 Å². The van der Waals surface area contributed by atoms with Crippen molar-refractivity contribution < 1.29 is 9.47 Å². The second-order valence-corrected chi connectivity index (χ2v) is 5.21. The number of hydrogen-bond donors (Lipinski definition) is 0. The third-order valence-electron chi connectivity index (χ3n) is 3.09. The molecule has 0 aliphatic heterocycles. The van der Waals surface area contributed by atoms with E-state index in [0.717, 1.165) is 9.40 Å². The van der Waals surface area contributed by atoms with Gasteiger partial charge >= 0.3 is 0 Å². The molecule has 3 nitrogen and oxygen atoms in total. The molecule has 96 valence electrons. The standard InChI is InChI=1S/C15H12O3S/c1-17-9-6-7-12-10(8-9)15(16)14-11(18-2)4-3-5-13(14)19-12/h3-8H,1-2H3. The highest BCUT2D eigenvalue weighted by Crippen LogP contribution is 2.31. The Hall–Kier alpha value is -2.07. The van der Waals surface area contributed by atoms with Crippen molar-refractivity contribution in [1.82, 2.24) is 0 Å². The van der Waals surface area contributed by atoms with E-state index in [1.54, 1.807) is 31.6 Å². The normalized spacial score (nSPS) is 10.8. The first kappa shape index (κ1) is 12.0. The van der Waals surface area contributed by atoms with E-state index in [-0.39, 0.29) is 5.43 Å². The molecule has 2 aromatic carbocycles. The van der Waals surface area contributed by atoms with E-state index in [0.29, 0.717) is 22.3 Å². The fraction of sp³-hybridized carbons (Fsp3) is 0.133. The minimum absolute atomic E-state index is 0.0138. The minimum Gasteiger partial charge on any atom is -0.497 e. The van der Waals surface area contributed by atoms with Crippen LogP contribution in [0.4, 0.5) is 0 Å². The number of ether oxygens (including phenoxy) is 2. The molecule has 0 radical (unpaired) electrons. The molecule has 0 aliphatic rings. The molecule has 0 aliphatic carbocycles. The van der Waals surface area contributed by atoms with E-state index in [4.69, 9.17) is 9.47 Å². The van der Waals surface area contributed by atoms with Gasteiger partial charge in [-0.1, -0.05) is 6.07 Å². The molecule has 1 aromatic heterocycles. The van der Waals surface area contributed by atoms with Gasteiger partial charge in [-0.05, 0) is 30.3 Å². The molecule has 3 aromatic rings. The molecule has 19 heavy (non-hydrogen) atoms. The number of rotatable bonds is 2. The first-order valence-corrected chi connectivity index (χ1v) is 6.64. The highest BCUT2D eigenvalue weighted by atomic mass is 32.1. The van der Waals surface area contributed by atoms with Crippen molar-refractivity contribution in [3.8, 4) is 11.5 Å². The van der Waals surface area contributed by atoms with Crippen LogP contribution in [0.2, 0.25) is 0 Å². The van der Waals surface area contributed by atoms with Crippen LogP contribution in [0.3, 0.4) is 0 Å². The number of fused-ring (bicyclic) bond motifs is 2. The highest BCUT2D eigenvalue weighted by Gasteiger charge is 2.10. The molecular weight excluding hydrogens is 260 g/mol. The Kier molecular flexibility index (Phi) is 2.87. The lowest BCUT2D eigenvalue weighted by Gasteiger charge is -2.06. The summed E-state index contributed by atoms with van der Waals surface area (Å²) in [6.45, 7) is 0. The van der Waals surface area contributed by atoms with Crippen molar-refractivity contribution in [2.75, 3.05) is 14.2 Å². The zero-order valence-corrected chi connectivity index (χ0v) is 11.4. The lowest BCUT2D eigenvalue weighted by atomic mass is 10.1. The second kappa shape index (κ2) is 4.55. The summed E-state index contributed by atoms with van der Waals surface area (Å²) in [6, 6.07) is 11.2. The lowest BCUT2D eigenvalue weighted by molar-refractivity contribution is 0.415. The molecule has 0 bridgehead atoms. The number of hydrogen-bond acceptors (Lipinski definition) is 4. The second-order valence-electron chi connectivity index (χ2n) is 4.13. The van der Waals surface area contributed by atoms with E-state index in [9.17, 15) is 4.79 Å². The summed E-state index contributed by atoms with van der Waals surface area (Å²) in [5, 5.41) is 1.30. The van der Waals surface area contributed by atoms with Crippen LogP contribution in [-0.4, -0.2) is 14.2 Å². The molecule has 0 amide bonds. The monoisotopic (exact) mass is 272 g/mol. The smallest absolute Gasteiger partial charge is 0.199 e. The summed E-state index contributed by atoms with van der Waals surface area (Å²) >= 11 is 1.58. The van der Waals surface area contributed by atoms with Crippen LogP contribution >= 0.6 is 11.3 Å². The number of benzene rings is 2. The van der Waals surface area contributed by atoms with Gasteiger partial charge in [-0.15, -0.1) is 11.3 Å². The Morgan fingerprint density at radius 1 is 1.00 bits per heavy atom. The van der Waals surface area contributed by atoms with Crippen LogP contribution in [0.5, 0.6) is 11.5 Å². The predicted octanol–water partition coefficient (Wildman–Crippen LogP) is 3.43. The largest absolute Gasteiger partial charge is 0.497 e. The predicted molar refractivity (Wildman–Crippen MR) is 78.7 cm³/mol. The fourth-order valence-corrected chi connectivity index (χ4v) is 3.22. The van der Waals surface area contributed by atoms with Crippen LogP contribution in [0.1, 0.15) is 0 Å². The summed E-state index contributed by atoms with van der Waals surface area (Å²) in [4.78, 5) is 12.6. The summed E-state index contributed by atoms with van der Waals surface area (Å²) in [5.74, 6) is 1.30. The van der Waals surface area contributed by atoms with Gasteiger partial charge in [0.25, 0.3) is 0 Å². The van der Waals surface area contributed by atoms with Crippen molar-refractivity contribution in [3.05, 3.63) is 46.6 Å². The number of methoxy groups -OCH3 is 2. The van der Waals surface area contributed by atoms with E-state index < -0.39 is 0 Å². The van der Waals surface area contributed by atoms with E-state index in [1.165, 1.54) is 0 Å². The third kappa shape index (κ3) is 1.85. The molecule has 0 fully saturated rings. The van der Waals surface area contributed by atoms with Gasteiger partial charge in [-0.3, -0.25) is 4.79 Å². The Labute approximate surface area is 114 Å². The molecule has 0 N–H and O–H groups in total. The van der Waals surface area contributed by atoms with Crippen LogP contribution in [0.25, 0.3) is 20.2 Å². The van der Waals surface area contributed by atoms with Gasteiger partial charge in [0.1, 0.15) is 11.5 Å². The first-order valence-electron chi connectivity index (χ1n) is 5.82. The quantitative estimate of drug-likeness (QED) is 0.670. The minimum atomic E-state index is -0.0138. The van der Waals surface area contributed by atoms with E-state index in [1.807, 2.05) is 30.3 Å². The molecule has 0 spiro atoms. The van der Waals surface area contributed by atoms with Crippen LogP contribution in [0.15, 0.2) is 41.2 Å². The van der Waals surface area contributed by atoms with Crippen LogP contribution in [-0.2, 0) is 0 Å². The van der Waals surface area contributed by atoms with Gasteiger partial charge in [0, 0.05) is 14.8 Å². The highest BCUT2D eigenvalue weighted by molar-refractivity contribution is 7.24. The molecular formula is C15H12O3S. The Morgan fingerprint density at radius 3 is 2.58 bits per heavy atom. The maximum atomic E-state index is 12.6. The average molecular weight is 272 g/mol. The van der Waals surface area contributed by atoms with Crippen molar-refractivity contribution in [2.24, 2.45) is 0 Å². The van der Waals surface area contributed by atoms with Crippen molar-refractivity contribution in [2.45, 2.75) is 0 Å². The molecule has 0 saturated heterocycles. The third-order valence-corrected chi connectivity index (χ3v) is 4.22. The summed E-state index contributed by atoms with van der Waals surface area (Å²) in [6.07, 6.45) is 0. The topological polar surface area (TPSA) is 35.5 Å². The van der Waals surface area contributed by atoms with Gasteiger partial charge in [0.2, 0.25) is 0 Å². The fourth-order valence-electron chi connectivity index (χ4n) is 2.15. The Balaban J connectivity index is 2.50. The van der Waals surface area contributed by atoms with Gasteiger partial charge in [-0.25, -0.2) is 0 Å². The molecule has 4 heteroatoms. The van der Waals surface area contributed by atoms with Gasteiger partial charge in [0.15, 0.2) is 5.43 Å². The summed E-state index contributed by atoms with van der Waals surface area (Å²) < 4.78 is 12.4. The maximum absolute atomic E-state index is 12.6. The average Bonchev–Trinajstić information content (AvgIpc) is 2.46.